The van der Waals surface area contributed by atoms with Crippen molar-refractivity contribution in [2.24, 2.45) is 0 Å². The van der Waals surface area contributed by atoms with E-state index in [0.29, 0.717) is 19.6 Å². The zero-order valence-electron chi connectivity index (χ0n) is 13.0. The number of hydrogen-bond donors (Lipinski definition) is 1. The first-order valence-electron chi connectivity index (χ1n) is 7.71. The van der Waals surface area contributed by atoms with Gasteiger partial charge in [-0.3, -0.25) is 0 Å². The van der Waals surface area contributed by atoms with Crippen molar-refractivity contribution in [2.75, 3.05) is 6.61 Å². The zero-order chi connectivity index (χ0) is 15.6. The normalized spacial score (nSPS) is 13.7. The summed E-state index contributed by atoms with van der Waals surface area (Å²) >= 11 is 0. The molecule has 0 aliphatic heterocycles. The Bertz CT molecular complexity index is 513. The molecule has 0 aliphatic carbocycles. The van der Waals surface area contributed by atoms with E-state index in [1.54, 1.807) is 0 Å². The van der Waals surface area contributed by atoms with Crippen molar-refractivity contribution in [1.29, 1.82) is 0 Å². The van der Waals surface area contributed by atoms with Gasteiger partial charge in [0.05, 0.1) is 25.4 Å². The largest absolute Gasteiger partial charge is 0.396 e. The van der Waals surface area contributed by atoms with E-state index in [1.807, 2.05) is 67.6 Å². The van der Waals surface area contributed by atoms with Gasteiger partial charge in [-0.2, -0.15) is 0 Å². The second kappa shape index (κ2) is 9.36. The van der Waals surface area contributed by atoms with Crippen LogP contribution in [0.1, 0.15) is 24.5 Å². The van der Waals surface area contributed by atoms with Gasteiger partial charge in [0.1, 0.15) is 0 Å². The van der Waals surface area contributed by atoms with Crippen molar-refractivity contribution in [2.45, 2.75) is 38.8 Å². The lowest BCUT2D eigenvalue weighted by molar-refractivity contribution is -0.0847. The second-order valence-corrected chi connectivity index (χ2v) is 5.35. The van der Waals surface area contributed by atoms with E-state index < -0.39 is 0 Å². The number of benzene rings is 2. The third kappa shape index (κ3) is 5.60. The summed E-state index contributed by atoms with van der Waals surface area (Å²) in [5.41, 5.74) is 2.26. The Labute approximate surface area is 132 Å². The predicted molar refractivity (Wildman–Crippen MR) is 87.4 cm³/mol. The number of rotatable bonds is 9. The third-order valence-electron chi connectivity index (χ3n) is 3.60. The summed E-state index contributed by atoms with van der Waals surface area (Å²) in [6.45, 7) is 3.18. The fraction of sp³-hybridized carbons (Fsp3) is 0.368. The van der Waals surface area contributed by atoms with E-state index in [1.165, 1.54) is 0 Å². The lowest BCUT2D eigenvalue weighted by Crippen LogP contribution is -2.30. The van der Waals surface area contributed by atoms with Crippen LogP contribution in [-0.4, -0.2) is 23.9 Å². The van der Waals surface area contributed by atoms with Gasteiger partial charge in [0.15, 0.2) is 0 Å². The van der Waals surface area contributed by atoms with Gasteiger partial charge >= 0.3 is 0 Å². The summed E-state index contributed by atoms with van der Waals surface area (Å²) in [7, 11) is 0. The molecule has 0 radical (unpaired) electrons. The number of aliphatic hydroxyl groups is 1. The minimum absolute atomic E-state index is 0.0731. The summed E-state index contributed by atoms with van der Waals surface area (Å²) in [4.78, 5) is 0. The molecule has 0 saturated carbocycles. The Kier molecular flexibility index (Phi) is 7.10. The van der Waals surface area contributed by atoms with Crippen molar-refractivity contribution in [1.82, 2.24) is 0 Å². The van der Waals surface area contributed by atoms with Crippen LogP contribution >= 0.6 is 0 Å². The first kappa shape index (κ1) is 16.7. The van der Waals surface area contributed by atoms with Gasteiger partial charge in [-0.05, 0) is 24.5 Å². The molecule has 2 aromatic rings. The van der Waals surface area contributed by atoms with Gasteiger partial charge < -0.3 is 14.6 Å². The number of ether oxygens (including phenoxy) is 2. The first-order valence-corrected chi connectivity index (χ1v) is 7.71. The van der Waals surface area contributed by atoms with E-state index in [4.69, 9.17) is 9.47 Å². The summed E-state index contributed by atoms with van der Waals surface area (Å²) in [5, 5.41) is 9.23. The van der Waals surface area contributed by atoms with E-state index >= 15 is 0 Å². The number of hydrogen-bond acceptors (Lipinski definition) is 3. The standard InChI is InChI=1S/C19H24O3/c1-16(21-14-17-8-4-2-5-9-17)19(12-13-20)22-15-18-10-6-3-7-11-18/h2-11,16,19-20H,12-15H2,1H3/t16-,19+/m0/s1. The smallest absolute Gasteiger partial charge is 0.0860 e. The van der Waals surface area contributed by atoms with Crippen molar-refractivity contribution in [3.05, 3.63) is 71.8 Å². The Balaban J connectivity index is 1.83. The van der Waals surface area contributed by atoms with Gasteiger partial charge in [0.25, 0.3) is 0 Å². The van der Waals surface area contributed by atoms with E-state index in [9.17, 15) is 5.11 Å². The minimum Gasteiger partial charge on any atom is -0.396 e. The monoisotopic (exact) mass is 300 g/mol. The van der Waals surface area contributed by atoms with Crippen LogP contribution in [0.3, 0.4) is 0 Å². The molecule has 3 nitrogen and oxygen atoms in total. The SMILES string of the molecule is C[C@H](OCc1ccccc1)[C@@H](CCO)OCc1ccccc1. The molecule has 0 aromatic heterocycles. The van der Waals surface area contributed by atoms with Gasteiger partial charge in [-0.1, -0.05) is 60.7 Å². The maximum Gasteiger partial charge on any atom is 0.0860 e. The summed E-state index contributed by atoms with van der Waals surface area (Å²) < 4.78 is 11.8. The molecule has 0 amide bonds. The van der Waals surface area contributed by atoms with E-state index in [-0.39, 0.29) is 18.8 Å². The molecule has 0 saturated heterocycles. The maximum atomic E-state index is 9.23. The summed E-state index contributed by atoms with van der Waals surface area (Å²) in [6, 6.07) is 20.1. The zero-order valence-corrected chi connectivity index (χ0v) is 13.0. The molecule has 0 heterocycles. The van der Waals surface area contributed by atoms with E-state index in [0.717, 1.165) is 11.1 Å². The summed E-state index contributed by atoms with van der Waals surface area (Å²) in [6.07, 6.45) is 0.382. The number of aliphatic hydroxyl groups excluding tert-OH is 1. The highest BCUT2D eigenvalue weighted by molar-refractivity contribution is 5.14. The molecule has 0 bridgehead atoms. The molecule has 22 heavy (non-hydrogen) atoms. The van der Waals surface area contributed by atoms with Crippen LogP contribution in [0, 0.1) is 0 Å². The highest BCUT2D eigenvalue weighted by Crippen LogP contribution is 2.13. The van der Waals surface area contributed by atoms with Crippen LogP contribution < -0.4 is 0 Å². The van der Waals surface area contributed by atoms with Gasteiger partial charge in [-0.25, -0.2) is 0 Å². The van der Waals surface area contributed by atoms with Crippen LogP contribution in [0.4, 0.5) is 0 Å². The van der Waals surface area contributed by atoms with Crippen molar-refractivity contribution in [3.63, 3.8) is 0 Å². The molecule has 118 valence electrons. The molecular formula is C19H24O3. The van der Waals surface area contributed by atoms with Gasteiger partial charge in [-0.15, -0.1) is 0 Å². The molecule has 3 heteroatoms. The average Bonchev–Trinajstić information content (AvgIpc) is 2.58. The first-order chi connectivity index (χ1) is 10.8. The quantitative estimate of drug-likeness (QED) is 0.769. The molecular weight excluding hydrogens is 276 g/mol. The molecule has 2 rings (SSSR count). The molecule has 0 fully saturated rings. The Morgan fingerprint density at radius 3 is 1.82 bits per heavy atom. The average molecular weight is 300 g/mol. The predicted octanol–water partition coefficient (Wildman–Crippen LogP) is 3.56. The van der Waals surface area contributed by atoms with Crippen molar-refractivity contribution in [3.8, 4) is 0 Å². The Morgan fingerprint density at radius 2 is 1.32 bits per heavy atom. The Hall–Kier alpha value is -1.68. The van der Waals surface area contributed by atoms with Crippen LogP contribution in [0.15, 0.2) is 60.7 Å². The molecule has 2 aromatic carbocycles. The van der Waals surface area contributed by atoms with Crippen molar-refractivity contribution < 1.29 is 14.6 Å². The van der Waals surface area contributed by atoms with Gasteiger partial charge in [0.2, 0.25) is 0 Å². The van der Waals surface area contributed by atoms with Crippen LogP contribution in [0.5, 0.6) is 0 Å². The van der Waals surface area contributed by atoms with Crippen LogP contribution in [0.25, 0.3) is 0 Å². The molecule has 0 spiro atoms. The van der Waals surface area contributed by atoms with Gasteiger partial charge in [0, 0.05) is 6.61 Å². The summed E-state index contributed by atoms with van der Waals surface area (Å²) in [5.74, 6) is 0. The van der Waals surface area contributed by atoms with Crippen LogP contribution in [-0.2, 0) is 22.7 Å². The fourth-order valence-electron chi connectivity index (χ4n) is 2.27. The molecule has 1 N–H and O–H groups in total. The van der Waals surface area contributed by atoms with Crippen LogP contribution in [0.2, 0.25) is 0 Å². The van der Waals surface area contributed by atoms with E-state index in [2.05, 4.69) is 0 Å². The lowest BCUT2D eigenvalue weighted by atomic mass is 10.1. The molecule has 0 unspecified atom stereocenters. The molecule has 2 atom stereocenters. The topological polar surface area (TPSA) is 38.7 Å². The highest BCUT2D eigenvalue weighted by Gasteiger charge is 2.18. The Morgan fingerprint density at radius 1 is 0.818 bits per heavy atom. The molecule has 0 aliphatic rings. The highest BCUT2D eigenvalue weighted by atomic mass is 16.5. The second-order valence-electron chi connectivity index (χ2n) is 5.35. The fourth-order valence-corrected chi connectivity index (χ4v) is 2.27. The maximum absolute atomic E-state index is 9.23. The van der Waals surface area contributed by atoms with Crippen molar-refractivity contribution >= 4 is 0 Å². The lowest BCUT2D eigenvalue weighted by Gasteiger charge is -2.24. The third-order valence-corrected chi connectivity index (χ3v) is 3.60. The minimum atomic E-state index is -0.117.